The topological polar surface area (TPSA) is 63.2 Å². The van der Waals surface area contributed by atoms with Gasteiger partial charge in [-0.1, -0.05) is 23.7 Å². The van der Waals surface area contributed by atoms with Crippen LogP contribution in [0.3, 0.4) is 0 Å². The average Bonchev–Trinajstić information content (AvgIpc) is 3.22. The molecular weight excluding hydrogens is 366 g/mol. The van der Waals surface area contributed by atoms with Crippen molar-refractivity contribution in [2.24, 2.45) is 5.10 Å². The molecule has 0 spiro atoms. The Hall–Kier alpha value is -2.73. The van der Waals surface area contributed by atoms with Gasteiger partial charge in [-0.25, -0.2) is 5.43 Å². The van der Waals surface area contributed by atoms with Gasteiger partial charge in [-0.05, 0) is 31.0 Å². The Morgan fingerprint density at radius 1 is 1.15 bits per heavy atom. The molecule has 142 valence electrons. The largest absolute Gasteiger partial charge is 0.496 e. The molecule has 0 bridgehead atoms. The Labute approximate surface area is 163 Å². The second-order valence-corrected chi connectivity index (χ2v) is 6.55. The van der Waals surface area contributed by atoms with Gasteiger partial charge in [-0.15, -0.1) is 0 Å². The van der Waals surface area contributed by atoms with Gasteiger partial charge < -0.3 is 14.4 Å². The third-order valence-electron chi connectivity index (χ3n) is 4.47. The number of ether oxygens (including phenoxy) is 2. The first-order valence-electron chi connectivity index (χ1n) is 8.73. The lowest BCUT2D eigenvalue weighted by molar-refractivity contribution is 0.0955. The number of nitrogens with one attached hydrogen (secondary N) is 1. The number of rotatable bonds is 6. The summed E-state index contributed by atoms with van der Waals surface area (Å²) in [6, 6.07) is 10.6. The van der Waals surface area contributed by atoms with E-state index in [4.69, 9.17) is 21.1 Å². The number of hydrogen-bond donors (Lipinski definition) is 1. The van der Waals surface area contributed by atoms with E-state index in [9.17, 15) is 4.79 Å². The molecular formula is C20H22ClN3O3. The molecule has 1 saturated heterocycles. The second kappa shape index (κ2) is 8.77. The van der Waals surface area contributed by atoms with Gasteiger partial charge in [0.2, 0.25) is 0 Å². The number of hydrazone groups is 1. The van der Waals surface area contributed by atoms with Crippen molar-refractivity contribution in [3.05, 3.63) is 52.5 Å². The zero-order valence-corrected chi connectivity index (χ0v) is 16.1. The summed E-state index contributed by atoms with van der Waals surface area (Å²) in [5, 5.41) is 4.41. The Kier molecular flexibility index (Phi) is 6.19. The highest BCUT2D eigenvalue weighted by Gasteiger charge is 2.19. The lowest BCUT2D eigenvalue weighted by Gasteiger charge is -2.22. The highest BCUT2D eigenvalue weighted by Crippen LogP contribution is 2.36. The third-order valence-corrected chi connectivity index (χ3v) is 4.80. The molecule has 0 saturated carbocycles. The molecule has 0 aliphatic carbocycles. The van der Waals surface area contributed by atoms with Crippen LogP contribution in [0, 0.1) is 0 Å². The van der Waals surface area contributed by atoms with Gasteiger partial charge in [0.05, 0.1) is 36.7 Å². The maximum Gasteiger partial charge on any atom is 0.272 e. The molecule has 0 aromatic heterocycles. The quantitative estimate of drug-likeness (QED) is 0.606. The van der Waals surface area contributed by atoms with Crippen molar-refractivity contribution < 1.29 is 14.3 Å². The van der Waals surface area contributed by atoms with Crippen LogP contribution in [0.15, 0.2) is 41.5 Å². The summed E-state index contributed by atoms with van der Waals surface area (Å²) in [5.74, 6) is 1.03. The van der Waals surface area contributed by atoms with E-state index in [1.165, 1.54) is 19.1 Å². The van der Waals surface area contributed by atoms with Crippen LogP contribution in [0.2, 0.25) is 5.02 Å². The van der Waals surface area contributed by atoms with E-state index in [0.29, 0.717) is 21.9 Å². The number of amides is 1. The van der Waals surface area contributed by atoms with Gasteiger partial charge >= 0.3 is 0 Å². The smallest absolute Gasteiger partial charge is 0.272 e. The molecule has 1 amide bonds. The molecule has 3 rings (SSSR count). The van der Waals surface area contributed by atoms with Crippen LogP contribution in [-0.2, 0) is 0 Å². The Bertz CT molecular complexity index is 848. The van der Waals surface area contributed by atoms with Crippen LogP contribution in [0.5, 0.6) is 11.5 Å². The van der Waals surface area contributed by atoms with Crippen molar-refractivity contribution in [2.75, 3.05) is 32.2 Å². The van der Waals surface area contributed by atoms with Gasteiger partial charge in [0, 0.05) is 24.7 Å². The summed E-state index contributed by atoms with van der Waals surface area (Å²) in [4.78, 5) is 14.5. The molecule has 7 heteroatoms. The summed E-state index contributed by atoms with van der Waals surface area (Å²) in [5.41, 5.74) is 4.56. The van der Waals surface area contributed by atoms with E-state index in [0.717, 1.165) is 24.5 Å². The number of anilines is 1. The predicted octanol–water partition coefficient (Wildman–Crippen LogP) is 3.72. The lowest BCUT2D eigenvalue weighted by Crippen LogP contribution is -2.19. The van der Waals surface area contributed by atoms with E-state index < -0.39 is 0 Å². The van der Waals surface area contributed by atoms with E-state index >= 15 is 0 Å². The molecule has 6 nitrogen and oxygen atoms in total. The maximum atomic E-state index is 12.2. The molecule has 2 aromatic rings. The minimum absolute atomic E-state index is 0.366. The molecule has 0 atom stereocenters. The van der Waals surface area contributed by atoms with Crippen molar-refractivity contribution in [1.82, 2.24) is 5.43 Å². The first-order chi connectivity index (χ1) is 13.1. The Morgan fingerprint density at radius 3 is 2.52 bits per heavy atom. The number of carbonyl (C=O) groups excluding carboxylic acids is 1. The highest BCUT2D eigenvalue weighted by atomic mass is 35.5. The van der Waals surface area contributed by atoms with Crippen molar-refractivity contribution in [2.45, 2.75) is 12.8 Å². The Morgan fingerprint density at radius 2 is 1.85 bits per heavy atom. The van der Waals surface area contributed by atoms with E-state index in [1.54, 1.807) is 38.5 Å². The summed E-state index contributed by atoms with van der Waals surface area (Å²) < 4.78 is 11.0. The van der Waals surface area contributed by atoms with E-state index in [1.807, 2.05) is 12.1 Å². The molecule has 0 radical (unpaired) electrons. The fourth-order valence-electron chi connectivity index (χ4n) is 3.08. The van der Waals surface area contributed by atoms with E-state index in [-0.39, 0.29) is 5.91 Å². The van der Waals surface area contributed by atoms with Gasteiger partial charge in [0.1, 0.15) is 11.5 Å². The highest BCUT2D eigenvalue weighted by molar-refractivity contribution is 6.33. The number of methoxy groups -OCH3 is 2. The van der Waals surface area contributed by atoms with Crippen molar-refractivity contribution >= 4 is 29.4 Å². The van der Waals surface area contributed by atoms with Crippen LogP contribution in [0.1, 0.15) is 28.8 Å². The predicted molar refractivity (Wildman–Crippen MR) is 108 cm³/mol. The standard InChI is InChI=1S/C20H22ClN3O3/c1-26-18-12-17(24-9-5-6-10-24)19(27-2)11-14(18)13-22-23-20(25)15-7-3-4-8-16(15)21/h3-4,7-8,11-13H,5-6,9-10H2,1-2H3,(H,23,25)/b22-13-. The van der Waals surface area contributed by atoms with Crippen molar-refractivity contribution in [1.29, 1.82) is 0 Å². The molecule has 27 heavy (non-hydrogen) atoms. The molecule has 0 unspecified atom stereocenters. The van der Waals surface area contributed by atoms with Gasteiger partial charge in [-0.2, -0.15) is 5.10 Å². The number of carbonyl (C=O) groups is 1. The summed E-state index contributed by atoms with van der Waals surface area (Å²) >= 11 is 6.03. The molecule has 2 aromatic carbocycles. The summed E-state index contributed by atoms with van der Waals surface area (Å²) in [6.45, 7) is 2.00. The van der Waals surface area contributed by atoms with Crippen LogP contribution >= 0.6 is 11.6 Å². The molecule has 1 aliphatic heterocycles. The monoisotopic (exact) mass is 387 g/mol. The van der Waals surface area contributed by atoms with Crippen molar-refractivity contribution in [3.63, 3.8) is 0 Å². The number of benzene rings is 2. The van der Waals surface area contributed by atoms with Crippen molar-refractivity contribution in [3.8, 4) is 11.5 Å². The fraction of sp³-hybridized carbons (Fsp3) is 0.300. The first kappa shape index (κ1) is 19.0. The minimum Gasteiger partial charge on any atom is -0.496 e. The normalized spacial score (nSPS) is 13.8. The summed E-state index contributed by atoms with van der Waals surface area (Å²) in [6.07, 6.45) is 3.87. The third kappa shape index (κ3) is 4.34. The van der Waals surface area contributed by atoms with Crippen LogP contribution in [-0.4, -0.2) is 39.4 Å². The van der Waals surface area contributed by atoms with Gasteiger partial charge in [0.15, 0.2) is 0 Å². The average molecular weight is 388 g/mol. The van der Waals surface area contributed by atoms with Gasteiger partial charge in [-0.3, -0.25) is 4.79 Å². The zero-order valence-electron chi connectivity index (χ0n) is 15.4. The first-order valence-corrected chi connectivity index (χ1v) is 9.10. The van der Waals surface area contributed by atoms with Crippen LogP contribution < -0.4 is 19.8 Å². The zero-order chi connectivity index (χ0) is 19.2. The van der Waals surface area contributed by atoms with Gasteiger partial charge in [0.25, 0.3) is 5.91 Å². The van der Waals surface area contributed by atoms with Crippen LogP contribution in [0.4, 0.5) is 5.69 Å². The molecule has 1 fully saturated rings. The lowest BCUT2D eigenvalue weighted by atomic mass is 10.1. The number of nitrogens with zero attached hydrogens (tertiary/aromatic N) is 2. The number of hydrogen-bond acceptors (Lipinski definition) is 5. The number of halogens is 1. The molecule has 1 N–H and O–H groups in total. The molecule has 1 heterocycles. The maximum absolute atomic E-state index is 12.2. The fourth-order valence-corrected chi connectivity index (χ4v) is 3.30. The molecule has 1 aliphatic rings. The van der Waals surface area contributed by atoms with E-state index in [2.05, 4.69) is 15.4 Å². The van der Waals surface area contributed by atoms with Crippen LogP contribution in [0.25, 0.3) is 0 Å². The minimum atomic E-state index is -0.378. The second-order valence-electron chi connectivity index (χ2n) is 6.14. The Balaban J connectivity index is 1.80. The SMILES string of the molecule is COc1cc(N2CCCC2)c(OC)cc1/C=N\NC(=O)c1ccccc1Cl. The summed E-state index contributed by atoms with van der Waals surface area (Å²) in [7, 11) is 3.25.